The number of aryl methyl sites for hydroxylation is 1. The van der Waals surface area contributed by atoms with Gasteiger partial charge < -0.3 is 10.1 Å². The number of sulfonamides is 1. The molecule has 1 atom stereocenters. The van der Waals surface area contributed by atoms with E-state index in [0.29, 0.717) is 23.0 Å². The van der Waals surface area contributed by atoms with E-state index in [1.54, 1.807) is 14.0 Å². The van der Waals surface area contributed by atoms with Gasteiger partial charge in [-0.25, -0.2) is 22.6 Å². The summed E-state index contributed by atoms with van der Waals surface area (Å²) in [5.74, 6) is 0. The molecular formula is C14H21Cl2N5O3S. The molecule has 0 amide bonds. The molecule has 3 rings (SSSR count). The van der Waals surface area contributed by atoms with Crippen molar-refractivity contribution in [2.45, 2.75) is 30.2 Å². The van der Waals surface area contributed by atoms with Crippen molar-refractivity contribution in [1.82, 2.24) is 24.6 Å². The minimum absolute atomic E-state index is 0. The molecule has 2 aromatic heterocycles. The Bertz CT molecular complexity index is 850. The van der Waals surface area contributed by atoms with E-state index in [9.17, 15) is 8.42 Å². The van der Waals surface area contributed by atoms with Gasteiger partial charge in [-0.1, -0.05) is 11.6 Å². The zero-order valence-corrected chi connectivity index (χ0v) is 16.3. The smallest absolute Gasteiger partial charge is 0.243 e. The third-order valence-corrected chi connectivity index (χ3v) is 6.01. The van der Waals surface area contributed by atoms with Crippen LogP contribution in [0.1, 0.15) is 18.5 Å². The lowest BCUT2D eigenvalue weighted by Crippen LogP contribution is -2.52. The summed E-state index contributed by atoms with van der Waals surface area (Å²) < 4.78 is 34.4. The number of halogens is 2. The highest BCUT2D eigenvalue weighted by molar-refractivity contribution is 7.89. The van der Waals surface area contributed by atoms with Crippen molar-refractivity contribution in [3.8, 4) is 0 Å². The van der Waals surface area contributed by atoms with Crippen molar-refractivity contribution in [3.63, 3.8) is 0 Å². The fraction of sp³-hybridized carbons (Fsp3) is 0.571. The maximum absolute atomic E-state index is 12.6. The van der Waals surface area contributed by atoms with Crippen molar-refractivity contribution in [1.29, 1.82) is 0 Å². The number of aromatic nitrogens is 3. The third-order valence-electron chi connectivity index (χ3n) is 4.22. The van der Waals surface area contributed by atoms with Crippen molar-refractivity contribution in [3.05, 3.63) is 23.1 Å². The van der Waals surface area contributed by atoms with Crippen molar-refractivity contribution < 1.29 is 13.2 Å². The lowest BCUT2D eigenvalue weighted by molar-refractivity contribution is 0.122. The predicted octanol–water partition coefficient (Wildman–Crippen LogP) is 1.16. The van der Waals surface area contributed by atoms with Gasteiger partial charge in [-0.05, 0) is 26.3 Å². The largest absolute Gasteiger partial charge is 0.383 e. The summed E-state index contributed by atoms with van der Waals surface area (Å²) in [6, 6.07) is 0. The van der Waals surface area contributed by atoms with Crippen LogP contribution in [0.5, 0.6) is 0 Å². The van der Waals surface area contributed by atoms with Crippen LogP contribution in [-0.4, -0.2) is 55.4 Å². The minimum Gasteiger partial charge on any atom is -0.383 e. The number of fused-ring (bicyclic) bond motifs is 1. The summed E-state index contributed by atoms with van der Waals surface area (Å²) in [6.07, 6.45) is 4.54. The van der Waals surface area contributed by atoms with Gasteiger partial charge in [0.25, 0.3) is 0 Å². The Hall–Kier alpha value is -0.970. The number of nitrogens with one attached hydrogen (secondary N) is 2. The summed E-state index contributed by atoms with van der Waals surface area (Å²) in [6.45, 7) is 3.29. The normalized spacial score (nSPS) is 20.8. The third kappa shape index (κ3) is 4.07. The van der Waals surface area contributed by atoms with E-state index < -0.39 is 10.0 Å². The van der Waals surface area contributed by atoms with Gasteiger partial charge in [-0.3, -0.25) is 0 Å². The fourth-order valence-electron chi connectivity index (χ4n) is 2.93. The molecule has 0 saturated carbocycles. The van der Waals surface area contributed by atoms with Gasteiger partial charge in [0, 0.05) is 13.7 Å². The van der Waals surface area contributed by atoms with E-state index in [2.05, 4.69) is 20.1 Å². The summed E-state index contributed by atoms with van der Waals surface area (Å²) in [4.78, 5) is 4.15. The number of hydrogen-bond donors (Lipinski definition) is 2. The first-order valence-corrected chi connectivity index (χ1v) is 9.47. The standard InChI is InChI=1S/C14H20ClN5O3S.ClH/c1-10-12(15)13-16-6-11(7-20(13)19-10)24(21,22)18-8-14(9-23-2)4-3-5-17-14;/h6-7,17-18H,3-5,8-9H2,1-2H3;1H. The summed E-state index contributed by atoms with van der Waals surface area (Å²) >= 11 is 6.08. The number of nitrogens with zero attached hydrogens (tertiary/aromatic N) is 3. The second kappa shape index (κ2) is 7.73. The average molecular weight is 410 g/mol. The lowest BCUT2D eigenvalue weighted by atomic mass is 9.99. The molecule has 3 heterocycles. The molecule has 1 aliphatic heterocycles. The highest BCUT2D eigenvalue weighted by Gasteiger charge is 2.35. The molecule has 1 fully saturated rings. The summed E-state index contributed by atoms with van der Waals surface area (Å²) in [7, 11) is -2.10. The van der Waals surface area contributed by atoms with Crippen LogP contribution in [0.3, 0.4) is 0 Å². The topological polar surface area (TPSA) is 97.6 Å². The molecule has 2 N–H and O–H groups in total. The maximum Gasteiger partial charge on any atom is 0.243 e. The van der Waals surface area contributed by atoms with Crippen molar-refractivity contribution in [2.24, 2.45) is 0 Å². The molecule has 1 aliphatic rings. The van der Waals surface area contributed by atoms with Crippen molar-refractivity contribution >= 4 is 39.7 Å². The Morgan fingerprint density at radius 3 is 2.92 bits per heavy atom. The summed E-state index contributed by atoms with van der Waals surface area (Å²) in [5.41, 5.74) is 0.660. The van der Waals surface area contributed by atoms with Gasteiger partial charge in [0.05, 0.1) is 30.2 Å². The Balaban J connectivity index is 0.00000225. The molecule has 1 unspecified atom stereocenters. The molecule has 0 aromatic carbocycles. The first-order valence-electron chi connectivity index (χ1n) is 7.61. The molecule has 25 heavy (non-hydrogen) atoms. The van der Waals surface area contributed by atoms with Gasteiger partial charge >= 0.3 is 0 Å². The van der Waals surface area contributed by atoms with E-state index >= 15 is 0 Å². The van der Waals surface area contributed by atoms with Crippen LogP contribution in [0.2, 0.25) is 5.02 Å². The second-order valence-corrected chi connectivity index (χ2v) is 8.17. The summed E-state index contributed by atoms with van der Waals surface area (Å²) in [5, 5.41) is 7.92. The van der Waals surface area contributed by atoms with Gasteiger partial charge in [0.1, 0.15) is 9.92 Å². The van der Waals surface area contributed by atoms with Crippen LogP contribution >= 0.6 is 24.0 Å². The molecule has 0 spiro atoms. The predicted molar refractivity (Wildman–Crippen MR) is 97.0 cm³/mol. The fourth-order valence-corrected chi connectivity index (χ4v) is 4.16. The Labute approximate surface area is 157 Å². The van der Waals surface area contributed by atoms with Crippen LogP contribution in [0.15, 0.2) is 17.3 Å². The van der Waals surface area contributed by atoms with Crippen LogP contribution in [-0.2, 0) is 14.8 Å². The van der Waals surface area contributed by atoms with Gasteiger partial charge in [-0.15, -0.1) is 12.4 Å². The quantitative estimate of drug-likeness (QED) is 0.742. The van der Waals surface area contributed by atoms with E-state index in [1.807, 2.05) is 0 Å². The molecule has 0 radical (unpaired) electrons. The van der Waals surface area contributed by atoms with Gasteiger partial charge in [0.2, 0.25) is 10.0 Å². The number of ether oxygens (including phenoxy) is 1. The van der Waals surface area contributed by atoms with Crippen LogP contribution < -0.4 is 10.0 Å². The molecule has 11 heteroatoms. The molecule has 0 aliphatic carbocycles. The van der Waals surface area contributed by atoms with E-state index in [4.69, 9.17) is 16.3 Å². The van der Waals surface area contributed by atoms with Crippen LogP contribution in [0, 0.1) is 6.92 Å². The number of rotatable bonds is 6. The highest BCUT2D eigenvalue weighted by atomic mass is 35.5. The first kappa shape index (κ1) is 20.3. The average Bonchev–Trinajstić information content (AvgIpc) is 3.12. The van der Waals surface area contributed by atoms with E-state index in [1.165, 1.54) is 16.9 Å². The lowest BCUT2D eigenvalue weighted by Gasteiger charge is -2.28. The van der Waals surface area contributed by atoms with Crippen molar-refractivity contribution in [2.75, 3.05) is 26.8 Å². The second-order valence-electron chi connectivity index (χ2n) is 6.03. The molecule has 140 valence electrons. The van der Waals surface area contributed by atoms with E-state index in [-0.39, 0.29) is 29.4 Å². The SMILES string of the molecule is COCC1(CNS(=O)(=O)c2cnc3c(Cl)c(C)nn3c2)CCCN1.Cl. The first-order chi connectivity index (χ1) is 11.4. The number of methoxy groups -OCH3 is 1. The number of hydrogen-bond acceptors (Lipinski definition) is 6. The molecular weight excluding hydrogens is 389 g/mol. The zero-order chi connectivity index (χ0) is 17.4. The molecule has 8 nitrogen and oxygen atoms in total. The minimum atomic E-state index is -3.71. The van der Waals surface area contributed by atoms with Crippen LogP contribution in [0.25, 0.3) is 5.65 Å². The van der Waals surface area contributed by atoms with Crippen LogP contribution in [0.4, 0.5) is 0 Å². The van der Waals surface area contributed by atoms with Gasteiger partial charge in [-0.2, -0.15) is 5.10 Å². The maximum atomic E-state index is 12.6. The Morgan fingerprint density at radius 1 is 1.52 bits per heavy atom. The highest BCUT2D eigenvalue weighted by Crippen LogP contribution is 2.22. The van der Waals surface area contributed by atoms with E-state index in [0.717, 1.165) is 19.4 Å². The Kier molecular flexibility index (Phi) is 6.29. The molecule has 0 bridgehead atoms. The Morgan fingerprint density at radius 2 is 2.28 bits per heavy atom. The monoisotopic (exact) mass is 409 g/mol. The zero-order valence-electron chi connectivity index (χ0n) is 14.0. The molecule has 1 saturated heterocycles. The molecule has 2 aromatic rings. The van der Waals surface area contributed by atoms with Gasteiger partial charge in [0.15, 0.2) is 5.65 Å².